The molecular formula is C13H26N2O3. The van der Waals surface area contributed by atoms with Gasteiger partial charge in [-0.05, 0) is 12.8 Å². The van der Waals surface area contributed by atoms with Gasteiger partial charge in [-0.2, -0.15) is 0 Å². The zero-order valence-corrected chi connectivity index (χ0v) is 11.1. The molecule has 106 valence electrons. The lowest BCUT2D eigenvalue weighted by molar-refractivity contribution is -0.121. The zero-order valence-electron chi connectivity index (χ0n) is 11.1. The minimum Gasteiger partial charge on any atom is -0.394 e. The highest BCUT2D eigenvalue weighted by molar-refractivity contribution is 5.78. The van der Waals surface area contributed by atoms with Crippen molar-refractivity contribution in [2.75, 3.05) is 32.9 Å². The van der Waals surface area contributed by atoms with Gasteiger partial charge in [-0.3, -0.25) is 4.79 Å². The number of nitrogens with one attached hydrogen (secondary N) is 2. The molecule has 1 rings (SSSR count). The van der Waals surface area contributed by atoms with E-state index in [1.165, 1.54) is 25.7 Å². The van der Waals surface area contributed by atoms with Crippen molar-refractivity contribution < 1.29 is 14.6 Å². The second kappa shape index (κ2) is 10.3. The third-order valence-corrected chi connectivity index (χ3v) is 3.16. The summed E-state index contributed by atoms with van der Waals surface area (Å²) in [6.07, 6.45) is 7.29. The molecule has 1 aliphatic carbocycles. The molecule has 1 amide bonds. The van der Waals surface area contributed by atoms with Crippen LogP contribution in [0.25, 0.3) is 0 Å². The van der Waals surface area contributed by atoms with Crippen molar-refractivity contribution in [2.45, 2.75) is 44.6 Å². The molecule has 5 heteroatoms. The van der Waals surface area contributed by atoms with Crippen molar-refractivity contribution in [1.29, 1.82) is 0 Å². The zero-order chi connectivity index (χ0) is 13.1. The molecule has 0 aromatic heterocycles. The van der Waals surface area contributed by atoms with Crippen LogP contribution >= 0.6 is 0 Å². The van der Waals surface area contributed by atoms with Crippen molar-refractivity contribution in [1.82, 2.24) is 10.6 Å². The van der Waals surface area contributed by atoms with E-state index in [0.29, 0.717) is 32.3 Å². The third kappa shape index (κ3) is 7.63. The van der Waals surface area contributed by atoms with E-state index in [9.17, 15) is 4.79 Å². The summed E-state index contributed by atoms with van der Waals surface area (Å²) in [6.45, 7) is 1.91. The van der Waals surface area contributed by atoms with Gasteiger partial charge in [0.15, 0.2) is 0 Å². The topological polar surface area (TPSA) is 70.6 Å². The van der Waals surface area contributed by atoms with Gasteiger partial charge in [0.1, 0.15) is 0 Å². The number of ether oxygens (including phenoxy) is 1. The quantitative estimate of drug-likeness (QED) is 0.436. The van der Waals surface area contributed by atoms with Crippen molar-refractivity contribution in [3.63, 3.8) is 0 Å². The Morgan fingerprint density at radius 1 is 1.17 bits per heavy atom. The number of hydrogen-bond donors (Lipinski definition) is 3. The molecule has 0 aromatic carbocycles. The summed E-state index contributed by atoms with van der Waals surface area (Å²) in [7, 11) is 0. The van der Waals surface area contributed by atoms with Gasteiger partial charge in [-0.15, -0.1) is 0 Å². The summed E-state index contributed by atoms with van der Waals surface area (Å²) in [5.74, 6) is 0.0732. The summed E-state index contributed by atoms with van der Waals surface area (Å²) in [5.41, 5.74) is 0. The number of rotatable bonds is 8. The third-order valence-electron chi connectivity index (χ3n) is 3.16. The molecule has 0 radical (unpaired) electrons. The van der Waals surface area contributed by atoms with Gasteiger partial charge in [-0.25, -0.2) is 0 Å². The van der Waals surface area contributed by atoms with E-state index in [-0.39, 0.29) is 12.5 Å². The van der Waals surface area contributed by atoms with Crippen molar-refractivity contribution in [3.05, 3.63) is 0 Å². The molecule has 1 saturated carbocycles. The van der Waals surface area contributed by atoms with Crippen LogP contribution in [0.15, 0.2) is 0 Å². The molecular weight excluding hydrogens is 232 g/mol. The van der Waals surface area contributed by atoms with E-state index in [4.69, 9.17) is 9.84 Å². The summed E-state index contributed by atoms with van der Waals surface area (Å²) < 4.78 is 5.09. The maximum Gasteiger partial charge on any atom is 0.234 e. The average molecular weight is 258 g/mol. The van der Waals surface area contributed by atoms with E-state index >= 15 is 0 Å². The molecule has 1 aliphatic rings. The van der Waals surface area contributed by atoms with Crippen LogP contribution in [0.1, 0.15) is 38.5 Å². The Kier molecular flexibility index (Phi) is 8.81. The van der Waals surface area contributed by atoms with Gasteiger partial charge in [0, 0.05) is 12.6 Å². The minimum absolute atomic E-state index is 0.0438. The van der Waals surface area contributed by atoms with Gasteiger partial charge in [0.25, 0.3) is 0 Å². The van der Waals surface area contributed by atoms with Crippen LogP contribution in [-0.2, 0) is 9.53 Å². The molecule has 0 spiro atoms. The largest absolute Gasteiger partial charge is 0.394 e. The van der Waals surface area contributed by atoms with Gasteiger partial charge < -0.3 is 20.5 Å². The minimum atomic E-state index is 0.0438. The molecule has 1 fully saturated rings. The van der Waals surface area contributed by atoms with E-state index in [1.54, 1.807) is 0 Å². The van der Waals surface area contributed by atoms with Gasteiger partial charge in [-0.1, -0.05) is 25.7 Å². The molecule has 3 N–H and O–H groups in total. The van der Waals surface area contributed by atoms with Crippen LogP contribution in [-0.4, -0.2) is 50.0 Å². The van der Waals surface area contributed by atoms with Gasteiger partial charge in [0.05, 0.1) is 26.4 Å². The Hall–Kier alpha value is -0.650. The molecule has 0 unspecified atom stereocenters. The summed E-state index contributed by atoms with van der Waals surface area (Å²) >= 11 is 0. The summed E-state index contributed by atoms with van der Waals surface area (Å²) in [5, 5.41) is 14.6. The fourth-order valence-electron chi connectivity index (χ4n) is 2.22. The second-order valence-electron chi connectivity index (χ2n) is 4.77. The number of amides is 1. The summed E-state index contributed by atoms with van der Waals surface area (Å²) in [4.78, 5) is 11.7. The molecule has 0 aromatic rings. The summed E-state index contributed by atoms with van der Waals surface area (Å²) in [6, 6.07) is 0.368. The van der Waals surface area contributed by atoms with Gasteiger partial charge >= 0.3 is 0 Å². The molecule has 0 saturated heterocycles. The first kappa shape index (κ1) is 15.4. The van der Waals surface area contributed by atoms with E-state index < -0.39 is 0 Å². The highest BCUT2D eigenvalue weighted by atomic mass is 16.5. The number of aliphatic hydroxyl groups excluding tert-OH is 1. The first-order valence-electron chi connectivity index (χ1n) is 7.01. The van der Waals surface area contributed by atoms with Crippen molar-refractivity contribution in [2.24, 2.45) is 0 Å². The van der Waals surface area contributed by atoms with E-state index in [0.717, 1.165) is 12.8 Å². The maximum absolute atomic E-state index is 11.7. The molecule has 0 atom stereocenters. The highest BCUT2D eigenvalue weighted by Crippen LogP contribution is 2.16. The molecule has 0 bridgehead atoms. The Bertz CT molecular complexity index is 216. The first-order valence-corrected chi connectivity index (χ1v) is 7.01. The van der Waals surface area contributed by atoms with Crippen LogP contribution in [0.5, 0.6) is 0 Å². The Morgan fingerprint density at radius 3 is 2.56 bits per heavy atom. The van der Waals surface area contributed by atoms with Gasteiger partial charge in [0.2, 0.25) is 5.91 Å². The van der Waals surface area contributed by atoms with Crippen LogP contribution in [0, 0.1) is 0 Å². The van der Waals surface area contributed by atoms with Crippen molar-refractivity contribution in [3.8, 4) is 0 Å². The van der Waals surface area contributed by atoms with Crippen LogP contribution < -0.4 is 10.6 Å². The molecule has 18 heavy (non-hydrogen) atoms. The monoisotopic (exact) mass is 258 g/mol. The van der Waals surface area contributed by atoms with Crippen molar-refractivity contribution >= 4 is 5.91 Å². The highest BCUT2D eigenvalue weighted by Gasteiger charge is 2.13. The molecule has 0 aliphatic heterocycles. The predicted molar refractivity (Wildman–Crippen MR) is 70.4 cm³/mol. The Balaban J connectivity index is 1.98. The van der Waals surface area contributed by atoms with Crippen LogP contribution in [0.3, 0.4) is 0 Å². The molecule has 0 heterocycles. The van der Waals surface area contributed by atoms with Crippen LogP contribution in [0.2, 0.25) is 0 Å². The maximum atomic E-state index is 11.7. The number of hydrogen-bond acceptors (Lipinski definition) is 4. The van der Waals surface area contributed by atoms with E-state index in [2.05, 4.69) is 10.6 Å². The molecule has 5 nitrogen and oxygen atoms in total. The number of carbonyl (C=O) groups is 1. The smallest absolute Gasteiger partial charge is 0.234 e. The first-order chi connectivity index (χ1) is 8.83. The lowest BCUT2D eigenvalue weighted by atomic mass is 10.1. The second-order valence-corrected chi connectivity index (χ2v) is 4.77. The normalized spacial score (nSPS) is 17.4. The lowest BCUT2D eigenvalue weighted by Crippen LogP contribution is -2.40. The SMILES string of the molecule is O=C(CNCCOCCO)NC1CCCCCC1. The standard InChI is InChI=1S/C13H26N2O3/c16-8-10-18-9-7-14-11-13(17)15-12-5-3-1-2-4-6-12/h12,14,16H,1-11H2,(H,15,17). The fourth-order valence-corrected chi connectivity index (χ4v) is 2.22. The number of carbonyl (C=O) groups excluding carboxylic acids is 1. The Morgan fingerprint density at radius 2 is 1.89 bits per heavy atom. The number of aliphatic hydroxyl groups is 1. The van der Waals surface area contributed by atoms with E-state index in [1.807, 2.05) is 0 Å². The van der Waals surface area contributed by atoms with Crippen LogP contribution in [0.4, 0.5) is 0 Å². The predicted octanol–water partition coefficient (Wildman–Crippen LogP) is 0.424. The lowest BCUT2D eigenvalue weighted by Gasteiger charge is -2.16. The average Bonchev–Trinajstić information content (AvgIpc) is 2.62. The Labute approximate surface area is 109 Å². The fraction of sp³-hybridized carbons (Fsp3) is 0.923.